The van der Waals surface area contributed by atoms with Gasteiger partial charge in [-0.05, 0) is 69.0 Å². The highest BCUT2D eigenvalue weighted by molar-refractivity contribution is 9.10. The van der Waals surface area contributed by atoms with Gasteiger partial charge >= 0.3 is 0 Å². The first-order valence-corrected chi connectivity index (χ1v) is 11.0. The molecule has 0 aliphatic carbocycles. The molecule has 4 rings (SSSR count). The van der Waals surface area contributed by atoms with E-state index < -0.39 is 0 Å². The molecule has 0 aliphatic rings. The van der Waals surface area contributed by atoms with Crippen molar-refractivity contribution in [3.05, 3.63) is 44.9 Å². The zero-order valence-electron chi connectivity index (χ0n) is 17.1. The molecule has 31 heavy (non-hydrogen) atoms. The Bertz CT molecular complexity index is 1240. The van der Waals surface area contributed by atoms with Crippen LogP contribution in [0.5, 0.6) is 0 Å². The largest absolute Gasteiger partial charge is 0.312 e. The van der Waals surface area contributed by atoms with Crippen LogP contribution in [-0.4, -0.2) is 49.1 Å². The summed E-state index contributed by atoms with van der Waals surface area (Å²) in [5.74, 6) is 1.35. The number of aryl methyl sites for hydroxylation is 2. The number of aromatic nitrogens is 6. The molecule has 1 N–H and O–H groups in total. The fourth-order valence-corrected chi connectivity index (χ4v) is 3.57. The summed E-state index contributed by atoms with van der Waals surface area (Å²) in [4.78, 5) is 31.6. The number of imidazole rings is 2. The maximum Gasteiger partial charge on any atom is 0.215 e. The van der Waals surface area contributed by atoms with Gasteiger partial charge in [-0.1, -0.05) is 13.8 Å². The van der Waals surface area contributed by atoms with Crippen LogP contribution in [0.1, 0.15) is 25.2 Å². The minimum Gasteiger partial charge on any atom is -0.312 e. The summed E-state index contributed by atoms with van der Waals surface area (Å²) in [6, 6.07) is 7.34. The van der Waals surface area contributed by atoms with E-state index in [4.69, 9.17) is 0 Å². The molecule has 4 aromatic heterocycles. The number of anilines is 2. The quantitative estimate of drug-likeness (QED) is 0.368. The Morgan fingerprint density at radius 3 is 2.03 bits per heavy atom. The van der Waals surface area contributed by atoms with Gasteiger partial charge in [0, 0.05) is 7.05 Å². The minimum atomic E-state index is 0.629. The van der Waals surface area contributed by atoms with E-state index in [9.17, 15) is 9.59 Å². The van der Waals surface area contributed by atoms with Gasteiger partial charge in [0.15, 0.2) is 22.9 Å². The van der Waals surface area contributed by atoms with Crippen molar-refractivity contribution in [3.63, 3.8) is 0 Å². The Morgan fingerprint density at radius 2 is 1.48 bits per heavy atom. The van der Waals surface area contributed by atoms with E-state index in [2.05, 4.69) is 57.3 Å². The van der Waals surface area contributed by atoms with Gasteiger partial charge in [0.25, 0.3) is 0 Å². The van der Waals surface area contributed by atoms with Crippen LogP contribution in [0.15, 0.2) is 33.5 Å². The number of nitrogens with zero attached hydrogens (tertiary/aromatic N) is 7. The molecule has 0 spiro atoms. The first kappa shape index (κ1) is 22.8. The number of hydrogen-bond donors (Lipinski definition) is 1. The summed E-state index contributed by atoms with van der Waals surface area (Å²) >= 11 is 6.58. The number of nitrogens with one attached hydrogen (secondary N) is 1. The van der Waals surface area contributed by atoms with Gasteiger partial charge in [-0.3, -0.25) is 9.59 Å². The lowest BCUT2D eigenvalue weighted by Gasteiger charge is -2.10. The molecular formula is C19H20Br2N8O2. The molecule has 0 aliphatic heterocycles. The molecule has 12 heteroatoms. The Kier molecular flexibility index (Phi) is 7.33. The van der Waals surface area contributed by atoms with Crippen LogP contribution in [0.3, 0.4) is 0 Å². The first-order chi connectivity index (χ1) is 14.9. The molecule has 2 amide bonds. The number of amides is 2. The molecule has 0 bridgehead atoms. The second kappa shape index (κ2) is 9.96. The molecule has 0 saturated heterocycles. The average Bonchev–Trinajstić information content (AvgIpc) is 3.31. The molecule has 10 nitrogen and oxygen atoms in total. The normalized spacial score (nSPS) is 10.6. The SMILES string of the molecule is CCc1nc2ccc(Br)nn2c1N(C)C=O.CCc1nc2ccc(Br)nn2c1NC=O. The van der Waals surface area contributed by atoms with Gasteiger partial charge in [0.2, 0.25) is 12.8 Å². The van der Waals surface area contributed by atoms with Gasteiger partial charge in [-0.25, -0.2) is 9.97 Å². The van der Waals surface area contributed by atoms with Crippen LogP contribution in [0, 0.1) is 0 Å². The zero-order valence-corrected chi connectivity index (χ0v) is 20.3. The summed E-state index contributed by atoms with van der Waals surface area (Å²) < 4.78 is 4.68. The van der Waals surface area contributed by atoms with Crippen molar-refractivity contribution in [1.82, 2.24) is 29.2 Å². The smallest absolute Gasteiger partial charge is 0.215 e. The van der Waals surface area contributed by atoms with E-state index in [0.717, 1.165) is 41.9 Å². The summed E-state index contributed by atoms with van der Waals surface area (Å²) in [6.07, 6.45) is 2.89. The first-order valence-electron chi connectivity index (χ1n) is 9.40. The lowest BCUT2D eigenvalue weighted by atomic mass is 10.3. The summed E-state index contributed by atoms with van der Waals surface area (Å²) in [5, 5.41) is 11.1. The second-order valence-electron chi connectivity index (χ2n) is 6.33. The Balaban J connectivity index is 0.000000176. The van der Waals surface area contributed by atoms with Gasteiger partial charge in [0.1, 0.15) is 9.21 Å². The number of halogens is 2. The van der Waals surface area contributed by atoms with Crippen LogP contribution >= 0.6 is 31.9 Å². The molecule has 0 atom stereocenters. The summed E-state index contributed by atoms with van der Waals surface area (Å²) in [6.45, 7) is 3.98. The third-order valence-corrected chi connectivity index (χ3v) is 5.21. The molecule has 4 heterocycles. The van der Waals surface area contributed by atoms with Crippen molar-refractivity contribution in [2.75, 3.05) is 17.3 Å². The highest BCUT2D eigenvalue weighted by atomic mass is 79.9. The monoisotopic (exact) mass is 550 g/mol. The van der Waals surface area contributed by atoms with E-state index in [-0.39, 0.29) is 0 Å². The van der Waals surface area contributed by atoms with Gasteiger partial charge in [-0.15, -0.1) is 0 Å². The molecule has 4 aromatic rings. The van der Waals surface area contributed by atoms with Gasteiger partial charge in [0.05, 0.1) is 11.4 Å². The van der Waals surface area contributed by atoms with Crippen molar-refractivity contribution in [2.24, 2.45) is 0 Å². The van der Waals surface area contributed by atoms with Gasteiger partial charge in [-0.2, -0.15) is 19.2 Å². The van der Waals surface area contributed by atoms with Crippen LogP contribution in [0.4, 0.5) is 11.6 Å². The molecule has 0 unspecified atom stereocenters. The average molecular weight is 552 g/mol. The highest BCUT2D eigenvalue weighted by Crippen LogP contribution is 2.21. The van der Waals surface area contributed by atoms with Crippen molar-refractivity contribution in [1.29, 1.82) is 0 Å². The van der Waals surface area contributed by atoms with Crippen molar-refractivity contribution >= 4 is 67.6 Å². The highest BCUT2D eigenvalue weighted by Gasteiger charge is 2.15. The predicted octanol–water partition coefficient (Wildman–Crippen LogP) is 3.27. The Morgan fingerprint density at radius 1 is 0.935 bits per heavy atom. The van der Waals surface area contributed by atoms with E-state index in [0.29, 0.717) is 27.3 Å². The zero-order chi connectivity index (χ0) is 22.5. The number of fused-ring (bicyclic) bond motifs is 2. The maximum atomic E-state index is 10.8. The van der Waals surface area contributed by atoms with E-state index in [1.54, 1.807) is 16.1 Å². The molecule has 0 aromatic carbocycles. The number of carbonyl (C=O) groups excluding carboxylic acids is 2. The standard InChI is InChI=1S/C10H11BrN4O.C9H9BrN4O/c1-3-7-10(14(2)6-16)15-9(12-7)5-4-8(11)13-15;1-2-6-9(11-5-15)14-8(12-6)4-3-7(10)13-14/h4-6H,3H2,1-2H3;3-5H,2H2,1H3,(H,11,15). The fourth-order valence-electron chi connectivity index (χ4n) is 2.99. The predicted molar refractivity (Wildman–Crippen MR) is 124 cm³/mol. The molecule has 0 radical (unpaired) electrons. The number of rotatable bonds is 6. The Hall–Kier alpha value is -2.86. The van der Waals surface area contributed by atoms with Crippen molar-refractivity contribution < 1.29 is 9.59 Å². The minimum absolute atomic E-state index is 0.629. The van der Waals surface area contributed by atoms with Crippen LogP contribution in [0.25, 0.3) is 11.3 Å². The molecule has 0 fully saturated rings. The number of carbonyl (C=O) groups is 2. The summed E-state index contributed by atoms with van der Waals surface area (Å²) in [7, 11) is 1.69. The van der Waals surface area contributed by atoms with Crippen LogP contribution in [0.2, 0.25) is 0 Å². The maximum absolute atomic E-state index is 10.8. The van der Waals surface area contributed by atoms with Crippen LogP contribution < -0.4 is 10.2 Å². The fraction of sp³-hybridized carbons (Fsp3) is 0.263. The van der Waals surface area contributed by atoms with Crippen LogP contribution in [-0.2, 0) is 22.4 Å². The Labute approximate surface area is 194 Å². The van der Waals surface area contributed by atoms with E-state index in [1.807, 2.05) is 38.1 Å². The molecular weight excluding hydrogens is 532 g/mol. The molecule has 0 saturated carbocycles. The lowest BCUT2D eigenvalue weighted by Crippen LogP contribution is -2.18. The number of hydrogen-bond acceptors (Lipinski definition) is 6. The molecule has 162 valence electrons. The topological polar surface area (TPSA) is 110 Å². The van der Waals surface area contributed by atoms with Crippen molar-refractivity contribution in [3.8, 4) is 0 Å². The van der Waals surface area contributed by atoms with E-state index >= 15 is 0 Å². The lowest BCUT2D eigenvalue weighted by molar-refractivity contribution is -0.107. The third kappa shape index (κ3) is 4.74. The van der Waals surface area contributed by atoms with E-state index in [1.165, 1.54) is 4.90 Å². The van der Waals surface area contributed by atoms with Crippen molar-refractivity contribution in [2.45, 2.75) is 26.7 Å². The summed E-state index contributed by atoms with van der Waals surface area (Å²) in [5.41, 5.74) is 3.15. The van der Waals surface area contributed by atoms with Gasteiger partial charge < -0.3 is 10.2 Å². The second-order valence-corrected chi connectivity index (χ2v) is 7.95. The third-order valence-electron chi connectivity index (χ3n) is 4.37.